The van der Waals surface area contributed by atoms with Gasteiger partial charge in [0, 0.05) is 29.6 Å². The zero-order valence-corrected chi connectivity index (χ0v) is 11.8. The second kappa shape index (κ2) is 4.39. The summed E-state index contributed by atoms with van der Waals surface area (Å²) in [6, 6.07) is 4.98. The summed E-state index contributed by atoms with van der Waals surface area (Å²) in [6.07, 6.45) is 0.883. The highest BCUT2D eigenvalue weighted by atomic mass is 19.1. The van der Waals surface area contributed by atoms with Gasteiger partial charge in [-0.2, -0.15) is 4.98 Å². The molecule has 1 aliphatic heterocycles. The molecule has 2 N–H and O–H groups in total. The summed E-state index contributed by atoms with van der Waals surface area (Å²) in [5, 5.41) is 8.55. The van der Waals surface area contributed by atoms with Gasteiger partial charge < -0.3 is 9.51 Å². The lowest BCUT2D eigenvalue weighted by Crippen LogP contribution is -2.38. The standard InChI is InChI=1S/C15H15FN4O/c1-7-5-11-10-4-3-9(16)6-12(10)19-13(11)14(17-7)15-18-8(2)21-20-15/h3-4,6-7,14,17,19H,5H2,1-2H3. The van der Waals surface area contributed by atoms with E-state index in [9.17, 15) is 4.39 Å². The van der Waals surface area contributed by atoms with E-state index >= 15 is 0 Å². The van der Waals surface area contributed by atoms with Crippen molar-refractivity contribution in [3.63, 3.8) is 0 Å². The Balaban J connectivity index is 1.92. The maximum Gasteiger partial charge on any atom is 0.223 e. The molecule has 0 fully saturated rings. The van der Waals surface area contributed by atoms with Crippen LogP contribution in [0.2, 0.25) is 0 Å². The van der Waals surface area contributed by atoms with Gasteiger partial charge in [-0.15, -0.1) is 0 Å². The van der Waals surface area contributed by atoms with Crippen LogP contribution in [0.1, 0.15) is 35.9 Å². The van der Waals surface area contributed by atoms with Crippen LogP contribution >= 0.6 is 0 Å². The summed E-state index contributed by atoms with van der Waals surface area (Å²) in [5.74, 6) is 0.898. The molecule has 0 saturated carbocycles. The Morgan fingerprint density at radius 3 is 3.00 bits per heavy atom. The van der Waals surface area contributed by atoms with Crippen LogP contribution in [-0.2, 0) is 6.42 Å². The normalized spacial score (nSPS) is 21.7. The molecule has 0 saturated heterocycles. The van der Waals surface area contributed by atoms with Crippen molar-refractivity contribution >= 4 is 10.9 Å². The Bertz CT molecular complexity index is 822. The third kappa shape index (κ3) is 1.94. The average Bonchev–Trinajstić information content (AvgIpc) is 3.01. The smallest absolute Gasteiger partial charge is 0.223 e. The molecule has 0 bridgehead atoms. The predicted molar refractivity (Wildman–Crippen MR) is 75.4 cm³/mol. The zero-order valence-electron chi connectivity index (χ0n) is 11.8. The highest BCUT2D eigenvalue weighted by Crippen LogP contribution is 2.34. The van der Waals surface area contributed by atoms with E-state index in [1.165, 1.54) is 17.7 Å². The molecule has 1 aliphatic rings. The van der Waals surface area contributed by atoms with Crippen LogP contribution in [0.25, 0.3) is 10.9 Å². The van der Waals surface area contributed by atoms with Gasteiger partial charge in [0.1, 0.15) is 11.9 Å². The van der Waals surface area contributed by atoms with Crippen molar-refractivity contribution in [2.24, 2.45) is 0 Å². The van der Waals surface area contributed by atoms with Crippen LogP contribution in [0.4, 0.5) is 4.39 Å². The number of halogens is 1. The molecule has 2 aromatic heterocycles. The minimum atomic E-state index is -0.242. The van der Waals surface area contributed by atoms with Crippen molar-refractivity contribution < 1.29 is 8.91 Å². The number of aromatic nitrogens is 3. The van der Waals surface area contributed by atoms with E-state index in [1.807, 2.05) is 6.07 Å². The fourth-order valence-corrected chi connectivity index (χ4v) is 3.08. The van der Waals surface area contributed by atoms with Crippen molar-refractivity contribution in [2.45, 2.75) is 32.4 Å². The Labute approximate surface area is 120 Å². The molecule has 3 heterocycles. The van der Waals surface area contributed by atoms with Gasteiger partial charge in [-0.3, -0.25) is 5.32 Å². The van der Waals surface area contributed by atoms with Crippen LogP contribution in [0, 0.1) is 12.7 Å². The van der Waals surface area contributed by atoms with Crippen LogP contribution in [0.3, 0.4) is 0 Å². The first-order valence-corrected chi connectivity index (χ1v) is 6.98. The number of nitrogens with zero attached hydrogens (tertiary/aromatic N) is 2. The molecule has 3 aromatic rings. The molecule has 0 aliphatic carbocycles. The first-order chi connectivity index (χ1) is 10.1. The fraction of sp³-hybridized carbons (Fsp3) is 0.333. The largest absolute Gasteiger partial charge is 0.356 e. The van der Waals surface area contributed by atoms with Gasteiger partial charge in [-0.05, 0) is 37.1 Å². The lowest BCUT2D eigenvalue weighted by molar-refractivity contribution is 0.372. The van der Waals surface area contributed by atoms with Gasteiger partial charge in [-0.25, -0.2) is 4.39 Å². The minimum Gasteiger partial charge on any atom is -0.356 e. The zero-order chi connectivity index (χ0) is 14.6. The molecule has 2 unspecified atom stereocenters. The highest BCUT2D eigenvalue weighted by molar-refractivity contribution is 5.85. The molecule has 1 aromatic carbocycles. The van der Waals surface area contributed by atoms with Crippen molar-refractivity contribution in [3.8, 4) is 0 Å². The fourth-order valence-electron chi connectivity index (χ4n) is 3.08. The molecule has 108 valence electrons. The van der Waals surface area contributed by atoms with Crippen molar-refractivity contribution in [3.05, 3.63) is 47.0 Å². The van der Waals surface area contributed by atoms with Crippen molar-refractivity contribution in [2.75, 3.05) is 0 Å². The first-order valence-electron chi connectivity index (χ1n) is 6.98. The van der Waals surface area contributed by atoms with E-state index in [1.54, 1.807) is 6.92 Å². The predicted octanol–water partition coefficient (Wildman–Crippen LogP) is 2.62. The quantitative estimate of drug-likeness (QED) is 0.721. The number of fused-ring (bicyclic) bond motifs is 3. The average molecular weight is 286 g/mol. The summed E-state index contributed by atoms with van der Waals surface area (Å²) < 4.78 is 18.5. The van der Waals surface area contributed by atoms with Gasteiger partial charge in [0.05, 0.1) is 0 Å². The number of rotatable bonds is 1. The number of hydrogen-bond acceptors (Lipinski definition) is 4. The second-order valence-electron chi connectivity index (χ2n) is 5.58. The summed E-state index contributed by atoms with van der Waals surface area (Å²) in [7, 11) is 0. The maximum absolute atomic E-state index is 13.4. The van der Waals surface area contributed by atoms with Crippen LogP contribution < -0.4 is 5.32 Å². The SMILES string of the molecule is Cc1nc(C2NC(C)Cc3c2[nH]c2cc(F)ccc32)no1. The van der Waals surface area contributed by atoms with E-state index < -0.39 is 0 Å². The van der Waals surface area contributed by atoms with Crippen molar-refractivity contribution in [1.82, 2.24) is 20.4 Å². The topological polar surface area (TPSA) is 66.7 Å². The Morgan fingerprint density at radius 2 is 2.24 bits per heavy atom. The number of nitrogens with one attached hydrogen (secondary N) is 2. The molecule has 4 rings (SSSR count). The number of benzene rings is 1. The van der Waals surface area contributed by atoms with E-state index in [-0.39, 0.29) is 17.9 Å². The molecule has 0 radical (unpaired) electrons. The van der Waals surface area contributed by atoms with Crippen LogP contribution in [0.5, 0.6) is 0 Å². The number of aromatic amines is 1. The number of hydrogen-bond donors (Lipinski definition) is 2. The Hall–Kier alpha value is -2.21. The second-order valence-corrected chi connectivity index (χ2v) is 5.58. The van der Waals surface area contributed by atoms with Crippen molar-refractivity contribution in [1.29, 1.82) is 0 Å². The molecule has 21 heavy (non-hydrogen) atoms. The van der Waals surface area contributed by atoms with E-state index in [0.29, 0.717) is 11.7 Å². The van der Waals surface area contributed by atoms with E-state index in [0.717, 1.165) is 23.0 Å². The van der Waals surface area contributed by atoms with Crippen LogP contribution in [0.15, 0.2) is 22.7 Å². The lowest BCUT2D eigenvalue weighted by atomic mass is 9.94. The summed E-state index contributed by atoms with van der Waals surface area (Å²) in [4.78, 5) is 7.63. The minimum absolute atomic E-state index is 0.156. The van der Waals surface area contributed by atoms with E-state index in [4.69, 9.17) is 4.52 Å². The molecule has 0 amide bonds. The van der Waals surface area contributed by atoms with Gasteiger partial charge >= 0.3 is 0 Å². The molecule has 5 nitrogen and oxygen atoms in total. The van der Waals surface area contributed by atoms with Crippen LogP contribution in [-0.4, -0.2) is 21.2 Å². The molecule has 2 atom stereocenters. The third-order valence-corrected chi connectivity index (χ3v) is 3.95. The summed E-state index contributed by atoms with van der Waals surface area (Å²) in [6.45, 7) is 3.88. The third-order valence-electron chi connectivity index (χ3n) is 3.95. The highest BCUT2D eigenvalue weighted by Gasteiger charge is 2.31. The van der Waals surface area contributed by atoms with Gasteiger partial charge in [0.2, 0.25) is 5.89 Å². The lowest BCUT2D eigenvalue weighted by Gasteiger charge is -2.27. The summed E-state index contributed by atoms with van der Waals surface area (Å²) in [5.41, 5.74) is 3.00. The Morgan fingerprint density at radius 1 is 1.38 bits per heavy atom. The number of aryl methyl sites for hydroxylation is 1. The van der Waals surface area contributed by atoms with E-state index in [2.05, 4.69) is 27.4 Å². The monoisotopic (exact) mass is 286 g/mol. The van der Waals surface area contributed by atoms with Gasteiger partial charge in [0.15, 0.2) is 5.82 Å². The summed E-state index contributed by atoms with van der Waals surface area (Å²) >= 11 is 0. The molecular formula is C15H15FN4O. The van der Waals surface area contributed by atoms with Gasteiger partial charge in [-0.1, -0.05) is 5.16 Å². The molecule has 6 heteroatoms. The van der Waals surface area contributed by atoms with Gasteiger partial charge in [0.25, 0.3) is 0 Å². The first kappa shape index (κ1) is 12.5. The Kier molecular flexibility index (Phi) is 2.62. The molecule has 0 spiro atoms. The number of H-pyrrole nitrogens is 1. The maximum atomic E-state index is 13.4. The molecular weight excluding hydrogens is 271 g/mol.